The summed E-state index contributed by atoms with van der Waals surface area (Å²) in [5.41, 5.74) is 0. The molecule has 116 valence electrons. The standard InChI is InChI=1S/C17H31NO2/c19-17(20)13-7-8-14-18(15-9-3-1-4-10-15)16-11-5-2-6-12-16/h15-16H,1-14H2,(H,19,20). The van der Waals surface area contributed by atoms with Gasteiger partial charge in [-0.1, -0.05) is 12.8 Å². The van der Waals surface area contributed by atoms with E-state index in [4.69, 9.17) is 0 Å². The fourth-order valence-corrected chi connectivity index (χ4v) is 4.29. The molecule has 2 saturated carbocycles. The highest BCUT2D eigenvalue weighted by molar-refractivity contribution is 5.64. The van der Waals surface area contributed by atoms with Gasteiger partial charge < -0.3 is 14.8 Å². The lowest BCUT2D eigenvalue weighted by Gasteiger charge is -2.38. The van der Waals surface area contributed by atoms with Crippen molar-refractivity contribution in [2.24, 2.45) is 0 Å². The Labute approximate surface area is 123 Å². The summed E-state index contributed by atoms with van der Waals surface area (Å²) in [6, 6.07) is 1.71. The molecule has 2 rings (SSSR count). The molecule has 0 aromatic heterocycles. The lowest BCUT2D eigenvalue weighted by molar-refractivity contribution is -0.952. The van der Waals surface area contributed by atoms with Crippen LogP contribution in [0.25, 0.3) is 0 Å². The Balaban J connectivity index is 1.83. The molecule has 0 atom stereocenters. The van der Waals surface area contributed by atoms with Crippen LogP contribution in [0.1, 0.15) is 83.5 Å². The van der Waals surface area contributed by atoms with Gasteiger partial charge in [0.25, 0.3) is 0 Å². The average Bonchev–Trinajstić information content (AvgIpc) is 2.49. The number of rotatable bonds is 7. The number of hydrogen-bond acceptors (Lipinski definition) is 2. The van der Waals surface area contributed by atoms with Crippen LogP contribution in [0.2, 0.25) is 0 Å². The third-order valence-electron chi connectivity index (χ3n) is 5.36. The maximum atomic E-state index is 10.5. The van der Waals surface area contributed by atoms with Crippen molar-refractivity contribution >= 4 is 5.97 Å². The lowest BCUT2D eigenvalue weighted by Crippen LogP contribution is -3.19. The van der Waals surface area contributed by atoms with E-state index in [1.54, 1.807) is 0 Å². The molecule has 0 aromatic carbocycles. The van der Waals surface area contributed by atoms with Gasteiger partial charge in [-0.3, -0.25) is 0 Å². The second-order valence-electron chi connectivity index (χ2n) is 6.82. The first-order valence-corrected chi connectivity index (χ1v) is 8.83. The molecule has 2 aliphatic carbocycles. The average molecular weight is 281 g/mol. The van der Waals surface area contributed by atoms with Crippen molar-refractivity contribution in [1.29, 1.82) is 0 Å². The van der Waals surface area contributed by atoms with Gasteiger partial charge in [-0.25, -0.2) is 0 Å². The topological polar surface area (TPSA) is 44.6 Å². The van der Waals surface area contributed by atoms with Crippen LogP contribution in [-0.2, 0) is 4.79 Å². The molecule has 2 aliphatic rings. The summed E-state index contributed by atoms with van der Waals surface area (Å²) >= 11 is 0. The molecule has 3 nitrogen and oxygen atoms in total. The molecule has 0 aliphatic heterocycles. The predicted octanol–water partition coefficient (Wildman–Crippen LogP) is 1.46. The fraction of sp³-hybridized carbons (Fsp3) is 0.941. The molecule has 1 N–H and O–H groups in total. The summed E-state index contributed by atoms with van der Waals surface area (Å²) in [5, 5.41) is 10.5. The number of nitrogens with one attached hydrogen (secondary N) is 1. The molecule has 0 radical (unpaired) electrons. The Morgan fingerprint density at radius 1 is 0.850 bits per heavy atom. The van der Waals surface area contributed by atoms with E-state index in [9.17, 15) is 9.90 Å². The van der Waals surface area contributed by atoms with Crippen LogP contribution < -0.4 is 10.0 Å². The number of carbonyl (C=O) groups excluding carboxylic acids is 1. The number of hydrogen-bond donors (Lipinski definition) is 1. The molecule has 0 unspecified atom stereocenters. The Morgan fingerprint density at radius 3 is 1.80 bits per heavy atom. The summed E-state index contributed by atoms with van der Waals surface area (Å²) in [6.45, 7) is 1.18. The lowest BCUT2D eigenvalue weighted by atomic mass is 9.88. The van der Waals surface area contributed by atoms with Gasteiger partial charge in [0.05, 0.1) is 18.6 Å². The molecule has 3 heteroatoms. The zero-order valence-electron chi connectivity index (χ0n) is 12.9. The Kier molecular flexibility index (Phi) is 6.85. The molecule has 2 fully saturated rings. The smallest absolute Gasteiger partial charge is 0.0876 e. The van der Waals surface area contributed by atoms with Gasteiger partial charge in [0.15, 0.2) is 0 Å². The third-order valence-corrected chi connectivity index (χ3v) is 5.36. The minimum Gasteiger partial charge on any atom is -0.550 e. The third kappa shape index (κ3) is 5.08. The molecule has 0 spiro atoms. The molecule has 20 heavy (non-hydrogen) atoms. The van der Waals surface area contributed by atoms with Crippen molar-refractivity contribution < 1.29 is 14.8 Å². The zero-order chi connectivity index (χ0) is 14.2. The predicted molar refractivity (Wildman–Crippen MR) is 78.4 cm³/mol. The number of carboxylic acids is 1. The van der Waals surface area contributed by atoms with Crippen LogP contribution >= 0.6 is 0 Å². The Hall–Kier alpha value is -0.570. The number of quaternary nitrogens is 1. The normalized spacial score (nSPS) is 22.2. The van der Waals surface area contributed by atoms with E-state index in [1.165, 1.54) is 70.8 Å². The van der Waals surface area contributed by atoms with E-state index in [2.05, 4.69) is 0 Å². The van der Waals surface area contributed by atoms with Gasteiger partial charge in [0.1, 0.15) is 0 Å². The summed E-state index contributed by atoms with van der Waals surface area (Å²) < 4.78 is 0. The highest BCUT2D eigenvalue weighted by atomic mass is 16.4. The molecule has 0 aromatic rings. The summed E-state index contributed by atoms with van der Waals surface area (Å²) in [5.74, 6) is -0.887. The Bertz CT molecular complexity index is 263. The molecular formula is C17H31NO2. The minimum atomic E-state index is -0.887. The first-order chi connectivity index (χ1) is 9.77. The van der Waals surface area contributed by atoms with E-state index in [0.29, 0.717) is 0 Å². The van der Waals surface area contributed by atoms with E-state index in [0.717, 1.165) is 24.9 Å². The van der Waals surface area contributed by atoms with Gasteiger partial charge in [0.2, 0.25) is 0 Å². The van der Waals surface area contributed by atoms with Gasteiger partial charge >= 0.3 is 0 Å². The van der Waals surface area contributed by atoms with Gasteiger partial charge in [0, 0.05) is 5.97 Å². The van der Waals surface area contributed by atoms with Crippen molar-refractivity contribution in [2.75, 3.05) is 6.54 Å². The number of carboxylic acid groups (broad SMARTS) is 1. The zero-order valence-corrected chi connectivity index (χ0v) is 12.9. The molecule has 0 heterocycles. The molecule has 0 bridgehead atoms. The fourth-order valence-electron chi connectivity index (χ4n) is 4.29. The van der Waals surface area contributed by atoms with Crippen LogP contribution in [0.5, 0.6) is 0 Å². The molecular weight excluding hydrogens is 250 g/mol. The highest BCUT2D eigenvalue weighted by Gasteiger charge is 2.31. The van der Waals surface area contributed by atoms with Crippen molar-refractivity contribution in [1.82, 2.24) is 0 Å². The van der Waals surface area contributed by atoms with E-state index < -0.39 is 5.97 Å². The quantitative estimate of drug-likeness (QED) is 0.718. The minimum absolute atomic E-state index is 0.239. The van der Waals surface area contributed by atoms with Crippen LogP contribution in [-0.4, -0.2) is 24.6 Å². The second-order valence-corrected chi connectivity index (χ2v) is 6.82. The maximum absolute atomic E-state index is 10.5. The van der Waals surface area contributed by atoms with Crippen LogP contribution in [0.4, 0.5) is 0 Å². The number of aliphatic carboxylic acids is 1. The van der Waals surface area contributed by atoms with Crippen molar-refractivity contribution in [3.05, 3.63) is 0 Å². The number of carbonyl (C=O) groups is 1. The second kappa shape index (κ2) is 8.66. The highest BCUT2D eigenvalue weighted by Crippen LogP contribution is 2.20. The maximum Gasteiger partial charge on any atom is 0.0876 e. The van der Waals surface area contributed by atoms with E-state index in [-0.39, 0.29) is 6.42 Å². The van der Waals surface area contributed by atoms with Crippen LogP contribution in [0, 0.1) is 0 Å². The first-order valence-electron chi connectivity index (χ1n) is 8.83. The van der Waals surface area contributed by atoms with Crippen molar-refractivity contribution in [2.45, 2.75) is 95.6 Å². The van der Waals surface area contributed by atoms with E-state index >= 15 is 0 Å². The molecule has 0 saturated heterocycles. The summed E-state index contributed by atoms with van der Waals surface area (Å²) in [4.78, 5) is 12.4. The summed E-state index contributed by atoms with van der Waals surface area (Å²) in [6.07, 6.45) is 16.1. The summed E-state index contributed by atoms with van der Waals surface area (Å²) in [7, 11) is 0. The van der Waals surface area contributed by atoms with Crippen molar-refractivity contribution in [3.8, 4) is 0 Å². The SMILES string of the molecule is O=C([O-])CCCC[NH+](C1CCCCC1)C1CCCCC1. The Morgan fingerprint density at radius 2 is 1.35 bits per heavy atom. The van der Waals surface area contributed by atoms with Gasteiger partial charge in [-0.15, -0.1) is 0 Å². The van der Waals surface area contributed by atoms with Crippen molar-refractivity contribution in [3.63, 3.8) is 0 Å². The number of unbranched alkanes of at least 4 members (excludes halogenated alkanes) is 1. The van der Waals surface area contributed by atoms with E-state index in [1.807, 2.05) is 4.90 Å². The first kappa shape index (κ1) is 15.8. The molecule has 0 amide bonds. The van der Waals surface area contributed by atoms with Gasteiger partial charge in [-0.2, -0.15) is 0 Å². The van der Waals surface area contributed by atoms with Crippen LogP contribution in [0.3, 0.4) is 0 Å². The van der Waals surface area contributed by atoms with Crippen LogP contribution in [0.15, 0.2) is 0 Å². The monoisotopic (exact) mass is 281 g/mol. The van der Waals surface area contributed by atoms with Gasteiger partial charge in [-0.05, 0) is 70.6 Å². The largest absolute Gasteiger partial charge is 0.550 e.